The van der Waals surface area contributed by atoms with Gasteiger partial charge < -0.3 is 9.84 Å². The molecule has 0 aromatic carbocycles. The SMILES string of the molecule is CCC1(OC(=O)C2CC3C=CC2C3O)CCCC1. The van der Waals surface area contributed by atoms with Crippen LogP contribution in [0.25, 0.3) is 0 Å². The average molecular weight is 250 g/mol. The van der Waals surface area contributed by atoms with E-state index in [0.29, 0.717) is 0 Å². The number of ether oxygens (including phenoxy) is 1. The molecule has 3 aliphatic rings. The molecular weight excluding hydrogens is 228 g/mol. The van der Waals surface area contributed by atoms with Crippen molar-refractivity contribution in [3.8, 4) is 0 Å². The van der Waals surface area contributed by atoms with E-state index in [1.807, 2.05) is 12.2 Å². The Hall–Kier alpha value is -0.830. The van der Waals surface area contributed by atoms with E-state index in [4.69, 9.17) is 4.74 Å². The lowest BCUT2D eigenvalue weighted by Gasteiger charge is -2.30. The largest absolute Gasteiger partial charge is 0.459 e. The van der Waals surface area contributed by atoms with Crippen molar-refractivity contribution < 1.29 is 14.6 Å². The van der Waals surface area contributed by atoms with Gasteiger partial charge in [-0.05, 0) is 38.5 Å². The molecule has 100 valence electrons. The summed E-state index contributed by atoms with van der Waals surface area (Å²) in [5.74, 6) is -0.0137. The van der Waals surface area contributed by atoms with Crippen molar-refractivity contribution in [2.75, 3.05) is 0 Å². The molecule has 0 heterocycles. The van der Waals surface area contributed by atoms with Crippen LogP contribution in [-0.4, -0.2) is 22.8 Å². The van der Waals surface area contributed by atoms with E-state index >= 15 is 0 Å². The summed E-state index contributed by atoms with van der Waals surface area (Å²) in [6, 6.07) is 0. The lowest BCUT2D eigenvalue weighted by Crippen LogP contribution is -2.35. The summed E-state index contributed by atoms with van der Waals surface area (Å²) in [6.45, 7) is 2.11. The summed E-state index contributed by atoms with van der Waals surface area (Å²) in [5, 5.41) is 9.96. The van der Waals surface area contributed by atoms with E-state index in [1.54, 1.807) is 0 Å². The molecule has 0 saturated heterocycles. The molecule has 1 N–H and O–H groups in total. The number of carbonyl (C=O) groups excluding carboxylic acids is 1. The van der Waals surface area contributed by atoms with E-state index in [9.17, 15) is 9.90 Å². The first kappa shape index (κ1) is 12.2. The van der Waals surface area contributed by atoms with Gasteiger partial charge >= 0.3 is 5.97 Å². The number of aliphatic hydroxyl groups excluding tert-OH is 1. The fourth-order valence-electron chi connectivity index (χ4n) is 3.91. The van der Waals surface area contributed by atoms with Crippen molar-refractivity contribution >= 4 is 5.97 Å². The fourth-order valence-corrected chi connectivity index (χ4v) is 3.91. The van der Waals surface area contributed by atoms with Gasteiger partial charge in [0.05, 0.1) is 12.0 Å². The molecule has 0 amide bonds. The van der Waals surface area contributed by atoms with Gasteiger partial charge in [-0.2, -0.15) is 0 Å². The quantitative estimate of drug-likeness (QED) is 0.618. The number of esters is 1. The van der Waals surface area contributed by atoms with Gasteiger partial charge in [0.25, 0.3) is 0 Å². The second-order valence-electron chi connectivity index (χ2n) is 6.12. The normalized spacial score (nSPS) is 40.3. The van der Waals surface area contributed by atoms with Gasteiger partial charge in [0.2, 0.25) is 0 Å². The highest BCUT2D eigenvalue weighted by Gasteiger charge is 2.49. The zero-order chi connectivity index (χ0) is 12.8. The van der Waals surface area contributed by atoms with E-state index in [2.05, 4.69) is 6.92 Å². The van der Waals surface area contributed by atoms with Gasteiger partial charge in [0.15, 0.2) is 0 Å². The molecule has 0 aromatic heterocycles. The smallest absolute Gasteiger partial charge is 0.310 e. The first-order chi connectivity index (χ1) is 8.65. The molecule has 18 heavy (non-hydrogen) atoms. The summed E-state index contributed by atoms with van der Waals surface area (Å²) in [7, 11) is 0. The van der Waals surface area contributed by atoms with Crippen LogP contribution in [-0.2, 0) is 9.53 Å². The van der Waals surface area contributed by atoms with Crippen LogP contribution in [0.1, 0.15) is 45.4 Å². The van der Waals surface area contributed by atoms with Gasteiger partial charge in [0.1, 0.15) is 5.60 Å². The summed E-state index contributed by atoms with van der Waals surface area (Å²) >= 11 is 0. The van der Waals surface area contributed by atoms with Crippen LogP contribution in [0.5, 0.6) is 0 Å². The van der Waals surface area contributed by atoms with Crippen molar-refractivity contribution in [2.24, 2.45) is 17.8 Å². The highest BCUT2D eigenvalue weighted by atomic mass is 16.6. The van der Waals surface area contributed by atoms with Crippen LogP contribution >= 0.6 is 0 Å². The molecule has 2 fully saturated rings. The Morgan fingerprint density at radius 2 is 2.11 bits per heavy atom. The minimum absolute atomic E-state index is 0.00203. The summed E-state index contributed by atoms with van der Waals surface area (Å²) in [6.07, 6.45) is 9.72. The minimum Gasteiger partial charge on any atom is -0.459 e. The molecule has 4 atom stereocenters. The first-order valence-electron chi connectivity index (χ1n) is 7.24. The molecule has 4 unspecified atom stereocenters. The number of hydrogen-bond acceptors (Lipinski definition) is 3. The number of hydrogen-bond donors (Lipinski definition) is 1. The van der Waals surface area contributed by atoms with E-state index in [-0.39, 0.29) is 35.4 Å². The van der Waals surface area contributed by atoms with Gasteiger partial charge in [-0.15, -0.1) is 0 Å². The molecule has 3 nitrogen and oxygen atoms in total. The van der Waals surface area contributed by atoms with Crippen LogP contribution in [0.3, 0.4) is 0 Å². The Morgan fingerprint density at radius 3 is 2.61 bits per heavy atom. The fraction of sp³-hybridized carbons (Fsp3) is 0.800. The summed E-state index contributed by atoms with van der Waals surface area (Å²) in [5.41, 5.74) is -0.201. The maximum absolute atomic E-state index is 12.3. The van der Waals surface area contributed by atoms with Crippen molar-refractivity contribution in [1.82, 2.24) is 0 Å². The predicted octanol–water partition coefficient (Wildman–Crippen LogP) is 2.44. The Morgan fingerprint density at radius 1 is 1.39 bits per heavy atom. The maximum Gasteiger partial charge on any atom is 0.310 e. The third kappa shape index (κ3) is 1.80. The zero-order valence-electron chi connectivity index (χ0n) is 11.0. The molecule has 0 aromatic rings. The van der Waals surface area contributed by atoms with Crippen molar-refractivity contribution in [3.63, 3.8) is 0 Å². The first-order valence-corrected chi connectivity index (χ1v) is 7.24. The second-order valence-corrected chi connectivity index (χ2v) is 6.12. The highest BCUT2D eigenvalue weighted by Crippen LogP contribution is 2.46. The van der Waals surface area contributed by atoms with Gasteiger partial charge in [-0.25, -0.2) is 0 Å². The van der Waals surface area contributed by atoms with Crippen LogP contribution < -0.4 is 0 Å². The van der Waals surface area contributed by atoms with E-state index in [1.165, 1.54) is 12.8 Å². The molecule has 3 heteroatoms. The van der Waals surface area contributed by atoms with Crippen molar-refractivity contribution in [2.45, 2.75) is 57.2 Å². The molecule has 3 rings (SSSR count). The lowest BCUT2D eigenvalue weighted by molar-refractivity contribution is -0.166. The summed E-state index contributed by atoms with van der Waals surface area (Å²) in [4.78, 5) is 12.3. The van der Waals surface area contributed by atoms with Crippen molar-refractivity contribution in [3.05, 3.63) is 12.2 Å². The maximum atomic E-state index is 12.3. The minimum atomic E-state index is -0.358. The molecule has 0 radical (unpaired) electrons. The molecule has 3 aliphatic carbocycles. The average Bonchev–Trinajstić information content (AvgIpc) is 3.06. The Kier molecular flexibility index (Phi) is 2.97. The van der Waals surface area contributed by atoms with Crippen molar-refractivity contribution in [1.29, 1.82) is 0 Å². The van der Waals surface area contributed by atoms with Gasteiger partial charge in [0, 0.05) is 11.8 Å². The molecule has 0 spiro atoms. The van der Waals surface area contributed by atoms with Crippen LogP contribution in [0.4, 0.5) is 0 Å². The standard InChI is InChI=1S/C15H22O3/c1-2-15(7-3-4-8-15)18-14(17)12-9-10-5-6-11(12)13(10)16/h5-6,10-13,16H,2-4,7-9H2,1H3. The topological polar surface area (TPSA) is 46.5 Å². The number of aliphatic hydroxyl groups is 1. The molecule has 2 saturated carbocycles. The number of rotatable bonds is 3. The second kappa shape index (κ2) is 4.37. The van der Waals surface area contributed by atoms with Gasteiger partial charge in [-0.3, -0.25) is 4.79 Å². The number of fused-ring (bicyclic) bond motifs is 2. The lowest BCUT2D eigenvalue weighted by atomic mass is 9.92. The van der Waals surface area contributed by atoms with E-state index < -0.39 is 0 Å². The molecule has 0 aliphatic heterocycles. The highest BCUT2D eigenvalue weighted by molar-refractivity contribution is 5.75. The third-order valence-electron chi connectivity index (χ3n) is 5.18. The van der Waals surface area contributed by atoms with Crippen LogP contribution in [0.2, 0.25) is 0 Å². The summed E-state index contributed by atoms with van der Waals surface area (Å²) < 4.78 is 5.85. The van der Waals surface area contributed by atoms with Crippen LogP contribution in [0, 0.1) is 17.8 Å². The van der Waals surface area contributed by atoms with Gasteiger partial charge in [-0.1, -0.05) is 19.1 Å². The predicted molar refractivity (Wildman–Crippen MR) is 67.8 cm³/mol. The Labute approximate surface area is 108 Å². The molecular formula is C15H22O3. The molecule has 2 bridgehead atoms. The zero-order valence-corrected chi connectivity index (χ0v) is 11.0. The Bertz CT molecular complexity index is 368. The van der Waals surface area contributed by atoms with Crippen LogP contribution in [0.15, 0.2) is 12.2 Å². The number of carbonyl (C=O) groups is 1. The Balaban J connectivity index is 1.67. The monoisotopic (exact) mass is 250 g/mol. The third-order valence-corrected chi connectivity index (χ3v) is 5.18. The van der Waals surface area contributed by atoms with E-state index in [0.717, 1.165) is 25.7 Å².